The van der Waals surface area contributed by atoms with Gasteiger partial charge in [-0.3, -0.25) is 9.38 Å². The fourth-order valence-corrected chi connectivity index (χ4v) is 4.59. The molecule has 0 aliphatic heterocycles. The number of imidazole rings is 2. The van der Waals surface area contributed by atoms with Crippen LogP contribution in [0.5, 0.6) is 0 Å². The minimum absolute atomic E-state index is 0. The molecule has 4 heterocycles. The van der Waals surface area contributed by atoms with Crippen molar-refractivity contribution in [3.63, 3.8) is 0 Å². The Hall–Kier alpha value is -1.24. The molecule has 0 N–H and O–H groups in total. The Kier molecular flexibility index (Phi) is 6.29. The number of rotatable bonds is 1. The van der Waals surface area contributed by atoms with Crippen LogP contribution in [-0.2, 0) is 52.8 Å². The summed E-state index contributed by atoms with van der Waals surface area (Å²) in [5, 5.41) is 2.09. The van der Waals surface area contributed by atoms with Crippen molar-refractivity contribution in [1.82, 2.24) is 23.8 Å². The van der Waals surface area contributed by atoms with E-state index in [1.54, 1.807) is 11.3 Å². The Morgan fingerprint density at radius 2 is 1.72 bits per heavy atom. The van der Waals surface area contributed by atoms with Gasteiger partial charge < -0.3 is 11.8 Å². The molecule has 0 saturated carbocycles. The van der Waals surface area contributed by atoms with Crippen molar-refractivity contribution in [3.8, 4) is 0 Å². The van der Waals surface area contributed by atoms with Crippen molar-refractivity contribution in [3.05, 3.63) is 61.0 Å². The average Bonchev–Trinajstić information content (AvgIpc) is 3.31. The number of hydrogen-bond donors (Lipinski definition) is 0. The molecular weight excluding hydrogens is 635 g/mol. The van der Waals surface area contributed by atoms with Crippen LogP contribution in [-0.4, -0.2) is 23.8 Å². The zero-order valence-electron chi connectivity index (χ0n) is 16.2. The summed E-state index contributed by atoms with van der Waals surface area (Å²) in [5.74, 6) is 1.25. The summed E-state index contributed by atoms with van der Waals surface area (Å²) >= 11 is 1.70. The van der Waals surface area contributed by atoms with Crippen LogP contribution in [0.15, 0.2) is 42.5 Å². The van der Waals surface area contributed by atoms with E-state index in [2.05, 4.69) is 40.8 Å². The molecule has 0 aliphatic carbocycles. The predicted molar refractivity (Wildman–Crippen MR) is 111 cm³/mol. The van der Waals surface area contributed by atoms with Crippen LogP contribution in [0.2, 0.25) is 0 Å². The minimum atomic E-state index is 0. The molecule has 0 saturated heterocycles. The zero-order valence-corrected chi connectivity index (χ0v) is 22.2. The van der Waals surface area contributed by atoms with E-state index in [0.29, 0.717) is 5.92 Å². The molecule has 0 fully saturated rings. The SMILES string of the molecule is CC(C)c1nc2nc3c4[c-]cccc4n4c5ccccc5nc4n3c2s1.[CH3-].[Ir].[Y]. The van der Waals surface area contributed by atoms with Crippen molar-refractivity contribution in [2.45, 2.75) is 19.8 Å². The van der Waals surface area contributed by atoms with Crippen LogP contribution < -0.4 is 0 Å². The van der Waals surface area contributed by atoms with Gasteiger partial charge in [-0.05, 0) is 17.6 Å². The van der Waals surface area contributed by atoms with E-state index < -0.39 is 0 Å². The first-order valence-corrected chi connectivity index (χ1v) is 9.42. The molecule has 0 spiro atoms. The maximum absolute atomic E-state index is 4.92. The van der Waals surface area contributed by atoms with Gasteiger partial charge in [-0.15, -0.1) is 24.3 Å². The zero-order chi connectivity index (χ0) is 17.4. The number of hydrogen-bond acceptors (Lipinski definition) is 4. The van der Waals surface area contributed by atoms with Gasteiger partial charge in [0.25, 0.3) is 0 Å². The summed E-state index contributed by atoms with van der Waals surface area (Å²) in [5.41, 5.74) is 4.78. The van der Waals surface area contributed by atoms with E-state index >= 15 is 0 Å². The van der Waals surface area contributed by atoms with Crippen molar-refractivity contribution < 1.29 is 52.8 Å². The second-order valence-corrected chi connectivity index (χ2v) is 7.78. The Balaban J connectivity index is 0.000000801. The third-order valence-electron chi connectivity index (χ3n) is 4.77. The van der Waals surface area contributed by atoms with Crippen LogP contribution >= 0.6 is 11.3 Å². The van der Waals surface area contributed by atoms with Gasteiger partial charge in [0.2, 0.25) is 5.78 Å². The topological polar surface area (TPSA) is 47.5 Å². The van der Waals surface area contributed by atoms with E-state index in [4.69, 9.17) is 15.0 Å². The molecule has 5 nitrogen and oxygen atoms in total. The summed E-state index contributed by atoms with van der Waals surface area (Å²) < 4.78 is 4.34. The van der Waals surface area contributed by atoms with Crippen LogP contribution in [0.1, 0.15) is 24.8 Å². The predicted octanol–water partition coefficient (Wildman–Crippen LogP) is 5.27. The average molecular weight is 653 g/mol. The van der Waals surface area contributed by atoms with Gasteiger partial charge in [0, 0.05) is 58.7 Å². The monoisotopic (exact) mass is 653 g/mol. The fraction of sp³-hybridized carbons (Fsp3) is 0.143. The summed E-state index contributed by atoms with van der Waals surface area (Å²) in [6.45, 7) is 4.32. The largest absolute Gasteiger partial charge is 0.358 e. The van der Waals surface area contributed by atoms with E-state index in [1.807, 2.05) is 30.3 Å². The Labute approximate surface area is 210 Å². The third-order valence-corrected chi connectivity index (χ3v) is 6.10. The van der Waals surface area contributed by atoms with E-state index in [1.165, 1.54) is 0 Å². The number of aromatic nitrogens is 5. The standard InChI is InChI=1S/C20H14N5S.CH3.Ir.Y/c1-11(2)18-23-16-19(26-18)25-17(22-16)12-7-3-5-9-14(12)24-15-10-6-4-8-13(15)21-20(24)25;;;/h3-6,8-11H,1-2H3;1H3;;/q2*-1;;. The summed E-state index contributed by atoms with van der Waals surface area (Å²) in [4.78, 5) is 15.6. The van der Waals surface area contributed by atoms with E-state index in [-0.39, 0.29) is 60.2 Å². The molecule has 146 valence electrons. The number of benzene rings is 2. The van der Waals surface area contributed by atoms with Gasteiger partial charge in [-0.2, -0.15) is 0 Å². The van der Waals surface area contributed by atoms with Gasteiger partial charge in [0.05, 0.1) is 21.7 Å². The first-order chi connectivity index (χ1) is 12.7. The van der Waals surface area contributed by atoms with Gasteiger partial charge in [-0.25, -0.2) is 9.97 Å². The van der Waals surface area contributed by atoms with Crippen molar-refractivity contribution >= 4 is 55.2 Å². The van der Waals surface area contributed by atoms with Crippen LogP contribution in [0.25, 0.3) is 43.8 Å². The van der Waals surface area contributed by atoms with Crippen LogP contribution in [0.3, 0.4) is 0 Å². The number of fused-ring (bicyclic) bond motifs is 10. The molecule has 0 atom stereocenters. The Morgan fingerprint density at radius 1 is 0.966 bits per heavy atom. The molecule has 6 aromatic rings. The minimum Gasteiger partial charge on any atom is -0.358 e. The first-order valence-electron chi connectivity index (χ1n) is 8.61. The third kappa shape index (κ3) is 3.10. The molecule has 2 radical (unpaired) electrons. The summed E-state index contributed by atoms with van der Waals surface area (Å²) in [7, 11) is 0. The quantitative estimate of drug-likeness (QED) is 0.228. The number of nitrogens with zero attached hydrogens (tertiary/aromatic N) is 5. The second-order valence-electron chi connectivity index (χ2n) is 6.77. The van der Waals surface area contributed by atoms with Crippen molar-refractivity contribution in [2.75, 3.05) is 0 Å². The van der Waals surface area contributed by atoms with Gasteiger partial charge >= 0.3 is 0 Å². The maximum atomic E-state index is 4.92. The molecule has 0 aliphatic rings. The number of thiazole rings is 1. The first kappa shape index (κ1) is 22.4. The molecule has 6 rings (SSSR count). The Bertz CT molecular complexity index is 1480. The Morgan fingerprint density at radius 3 is 2.52 bits per heavy atom. The van der Waals surface area contributed by atoms with Crippen molar-refractivity contribution in [2.24, 2.45) is 0 Å². The summed E-state index contributed by atoms with van der Waals surface area (Å²) in [6, 6.07) is 17.6. The molecular formula is C21H17IrN5SY-2. The van der Waals surface area contributed by atoms with Crippen LogP contribution in [0.4, 0.5) is 0 Å². The number of para-hydroxylation sites is 2. The van der Waals surface area contributed by atoms with Crippen LogP contribution in [0, 0.1) is 13.5 Å². The molecule has 2 aromatic carbocycles. The van der Waals surface area contributed by atoms with Gasteiger partial charge in [0.15, 0.2) is 5.65 Å². The normalized spacial score (nSPS) is 11.3. The summed E-state index contributed by atoms with van der Waals surface area (Å²) in [6.07, 6.45) is 0. The molecule has 0 bridgehead atoms. The molecule has 0 amide bonds. The second kappa shape index (κ2) is 8.12. The maximum Gasteiger partial charge on any atom is 0.205 e. The molecule has 8 heteroatoms. The van der Waals surface area contributed by atoms with E-state index in [9.17, 15) is 0 Å². The van der Waals surface area contributed by atoms with E-state index in [0.717, 1.165) is 48.8 Å². The van der Waals surface area contributed by atoms with Gasteiger partial charge in [0.1, 0.15) is 4.83 Å². The van der Waals surface area contributed by atoms with Gasteiger partial charge in [-0.1, -0.05) is 42.7 Å². The molecule has 0 unspecified atom stereocenters. The molecule has 4 aromatic heterocycles. The smallest absolute Gasteiger partial charge is 0.205 e. The fourth-order valence-electron chi connectivity index (χ4n) is 3.58. The molecule has 29 heavy (non-hydrogen) atoms. The van der Waals surface area contributed by atoms with Crippen molar-refractivity contribution in [1.29, 1.82) is 0 Å².